The summed E-state index contributed by atoms with van der Waals surface area (Å²) < 4.78 is 0. The summed E-state index contributed by atoms with van der Waals surface area (Å²) in [4.78, 5) is 2.58. The molecule has 0 radical (unpaired) electrons. The van der Waals surface area contributed by atoms with Crippen molar-refractivity contribution in [3.8, 4) is 0 Å². The molecule has 4 fully saturated rings. The zero-order valence-corrected chi connectivity index (χ0v) is 10.3. The number of hydrogen-bond donors (Lipinski definition) is 2. The van der Waals surface area contributed by atoms with Gasteiger partial charge in [0.1, 0.15) is 0 Å². The maximum Gasteiger partial charge on any atom is 0.0508 e. The molecule has 3 nitrogen and oxygen atoms in total. The number of hydrogen-bond acceptors (Lipinski definition) is 3. The molecule has 3 heteroatoms. The highest BCUT2D eigenvalue weighted by atomic mass is 15.3. The second-order valence-electron chi connectivity index (χ2n) is 6.59. The number of likely N-dealkylation sites (tertiary alicyclic amines) is 1. The fourth-order valence-corrected chi connectivity index (χ4v) is 5.00. The van der Waals surface area contributed by atoms with E-state index in [0.717, 1.165) is 12.1 Å². The number of nitrogens with one attached hydrogen (secondary N) is 2. The monoisotopic (exact) mass is 221 g/mol. The summed E-state index contributed by atoms with van der Waals surface area (Å²) in [7, 11) is 2.30. The van der Waals surface area contributed by atoms with Crippen molar-refractivity contribution in [2.24, 2.45) is 0 Å². The van der Waals surface area contributed by atoms with Crippen LogP contribution in [0.5, 0.6) is 0 Å². The number of fused-ring (bicyclic) bond motifs is 5. The van der Waals surface area contributed by atoms with Crippen LogP contribution in [0.4, 0.5) is 0 Å². The van der Waals surface area contributed by atoms with E-state index in [1.165, 1.54) is 51.6 Å². The van der Waals surface area contributed by atoms with Gasteiger partial charge in [-0.25, -0.2) is 0 Å². The molecular formula is C13H23N3. The molecular weight excluding hydrogens is 198 g/mol. The maximum absolute atomic E-state index is 4.00. The maximum atomic E-state index is 4.00. The van der Waals surface area contributed by atoms with Crippen LogP contribution >= 0.6 is 0 Å². The first-order valence-corrected chi connectivity index (χ1v) is 6.96. The second kappa shape index (κ2) is 3.01. The Labute approximate surface area is 98.0 Å². The van der Waals surface area contributed by atoms with Crippen molar-refractivity contribution in [2.45, 2.75) is 61.7 Å². The Morgan fingerprint density at radius 3 is 2.88 bits per heavy atom. The summed E-state index contributed by atoms with van der Waals surface area (Å²) in [6.45, 7) is 2.47. The van der Waals surface area contributed by atoms with Gasteiger partial charge in [-0.2, -0.15) is 0 Å². The summed E-state index contributed by atoms with van der Waals surface area (Å²) in [6, 6.07) is 1.63. The summed E-state index contributed by atoms with van der Waals surface area (Å²) in [5, 5.41) is 7.88. The van der Waals surface area contributed by atoms with E-state index in [2.05, 4.69) is 22.6 Å². The quantitative estimate of drug-likeness (QED) is 0.683. The molecule has 4 rings (SSSR count). The predicted octanol–water partition coefficient (Wildman–Crippen LogP) is 0.707. The van der Waals surface area contributed by atoms with Gasteiger partial charge in [-0.05, 0) is 45.6 Å². The Hall–Kier alpha value is -0.120. The highest BCUT2D eigenvalue weighted by Crippen LogP contribution is 2.49. The fraction of sp³-hybridized carbons (Fsp3) is 1.00. The van der Waals surface area contributed by atoms with E-state index in [0.29, 0.717) is 11.1 Å². The molecule has 90 valence electrons. The van der Waals surface area contributed by atoms with Crippen molar-refractivity contribution < 1.29 is 0 Å². The minimum atomic E-state index is 0.404. The van der Waals surface area contributed by atoms with Crippen molar-refractivity contribution in [2.75, 3.05) is 20.1 Å². The molecule has 4 saturated heterocycles. The Morgan fingerprint density at radius 1 is 1.19 bits per heavy atom. The Balaban J connectivity index is 1.70. The molecule has 4 aliphatic rings. The molecule has 0 aromatic carbocycles. The molecule has 0 saturated carbocycles. The molecule has 4 bridgehead atoms. The molecule has 16 heavy (non-hydrogen) atoms. The topological polar surface area (TPSA) is 27.3 Å². The van der Waals surface area contributed by atoms with Crippen molar-refractivity contribution >= 4 is 0 Å². The van der Waals surface area contributed by atoms with E-state index in [9.17, 15) is 0 Å². The van der Waals surface area contributed by atoms with Crippen LogP contribution in [0, 0.1) is 0 Å². The standard InChI is InChI=1S/C13H23N3/c1-16-9-13(7-11(16)8-14-13)12-5-2-3-10(15-12)4-6-12/h10-11,14-15H,2-9H2,1H3/t10?,11-,12?,13-/m1/s1. The summed E-state index contributed by atoms with van der Waals surface area (Å²) >= 11 is 0. The molecule has 4 aliphatic heterocycles. The Kier molecular flexibility index (Phi) is 1.85. The third kappa shape index (κ3) is 1.05. The first-order valence-electron chi connectivity index (χ1n) is 6.96. The molecule has 0 aliphatic carbocycles. The minimum absolute atomic E-state index is 0.404. The molecule has 0 aromatic rings. The molecule has 0 aromatic heterocycles. The summed E-state index contributed by atoms with van der Waals surface area (Å²) in [6.07, 6.45) is 8.45. The molecule has 0 spiro atoms. The van der Waals surface area contributed by atoms with E-state index in [-0.39, 0.29) is 0 Å². The zero-order valence-electron chi connectivity index (χ0n) is 10.3. The van der Waals surface area contributed by atoms with Crippen molar-refractivity contribution in [3.63, 3.8) is 0 Å². The average Bonchev–Trinajstić information content (AvgIpc) is 2.92. The number of piperidine rings is 1. The molecule has 4 heterocycles. The van der Waals surface area contributed by atoms with Gasteiger partial charge >= 0.3 is 0 Å². The molecule has 2 unspecified atom stereocenters. The van der Waals surface area contributed by atoms with Gasteiger partial charge in [0.2, 0.25) is 0 Å². The number of nitrogens with zero attached hydrogens (tertiary/aromatic N) is 1. The molecule has 2 N–H and O–H groups in total. The molecule has 0 amide bonds. The Bertz CT molecular complexity index is 306. The van der Waals surface area contributed by atoms with Crippen LogP contribution in [-0.2, 0) is 0 Å². The number of likely N-dealkylation sites (N-methyl/N-ethyl adjacent to an activating group) is 1. The van der Waals surface area contributed by atoms with Crippen molar-refractivity contribution in [1.29, 1.82) is 0 Å². The van der Waals surface area contributed by atoms with E-state index < -0.39 is 0 Å². The number of piperazine rings is 1. The largest absolute Gasteiger partial charge is 0.307 e. The van der Waals surface area contributed by atoms with Gasteiger partial charge in [0, 0.05) is 30.7 Å². The van der Waals surface area contributed by atoms with Crippen LogP contribution in [0.25, 0.3) is 0 Å². The third-order valence-corrected chi connectivity index (χ3v) is 5.88. The summed E-state index contributed by atoms with van der Waals surface area (Å²) in [5.41, 5.74) is 0.844. The van der Waals surface area contributed by atoms with Crippen LogP contribution in [-0.4, -0.2) is 48.2 Å². The van der Waals surface area contributed by atoms with Gasteiger partial charge in [0.05, 0.1) is 5.54 Å². The smallest absolute Gasteiger partial charge is 0.0508 e. The van der Waals surface area contributed by atoms with Gasteiger partial charge in [-0.1, -0.05) is 0 Å². The highest BCUT2D eigenvalue weighted by molar-refractivity contribution is 5.24. The average molecular weight is 221 g/mol. The van der Waals surface area contributed by atoms with Gasteiger partial charge in [-0.3, -0.25) is 0 Å². The lowest BCUT2D eigenvalue weighted by Crippen LogP contribution is -2.69. The van der Waals surface area contributed by atoms with Crippen LogP contribution in [0.3, 0.4) is 0 Å². The van der Waals surface area contributed by atoms with E-state index in [1.807, 2.05) is 0 Å². The van der Waals surface area contributed by atoms with Crippen molar-refractivity contribution in [1.82, 2.24) is 15.5 Å². The lowest BCUT2D eigenvalue weighted by molar-refractivity contribution is 0.110. The first-order chi connectivity index (χ1) is 7.73. The third-order valence-electron chi connectivity index (χ3n) is 5.88. The van der Waals surface area contributed by atoms with E-state index in [4.69, 9.17) is 0 Å². The van der Waals surface area contributed by atoms with E-state index >= 15 is 0 Å². The van der Waals surface area contributed by atoms with Crippen LogP contribution in [0.15, 0.2) is 0 Å². The van der Waals surface area contributed by atoms with Crippen LogP contribution in [0.1, 0.15) is 38.5 Å². The highest BCUT2D eigenvalue weighted by Gasteiger charge is 2.62. The van der Waals surface area contributed by atoms with Crippen LogP contribution < -0.4 is 10.6 Å². The van der Waals surface area contributed by atoms with Gasteiger partial charge in [0.15, 0.2) is 0 Å². The second-order valence-corrected chi connectivity index (χ2v) is 6.59. The molecule has 4 atom stereocenters. The minimum Gasteiger partial charge on any atom is -0.307 e. The normalized spacial score (nSPS) is 56.1. The summed E-state index contributed by atoms with van der Waals surface area (Å²) in [5.74, 6) is 0. The van der Waals surface area contributed by atoms with Crippen LogP contribution in [0.2, 0.25) is 0 Å². The van der Waals surface area contributed by atoms with Gasteiger partial charge in [-0.15, -0.1) is 0 Å². The zero-order chi connectivity index (χ0) is 10.8. The lowest BCUT2D eigenvalue weighted by atomic mass is 9.72. The SMILES string of the molecule is CN1C[C@@]2(C34CCCC(CC3)N4)C[C@@H]1CN2. The Morgan fingerprint density at radius 2 is 2.12 bits per heavy atom. The van der Waals surface area contributed by atoms with Gasteiger partial charge < -0.3 is 15.5 Å². The first kappa shape index (κ1) is 9.86. The van der Waals surface area contributed by atoms with E-state index in [1.54, 1.807) is 0 Å². The predicted molar refractivity (Wildman–Crippen MR) is 64.5 cm³/mol. The van der Waals surface area contributed by atoms with Crippen molar-refractivity contribution in [3.05, 3.63) is 0 Å². The lowest BCUT2D eigenvalue weighted by Gasteiger charge is -2.49. The number of rotatable bonds is 1. The fourth-order valence-electron chi connectivity index (χ4n) is 5.00. The van der Waals surface area contributed by atoms with Gasteiger partial charge in [0.25, 0.3) is 0 Å².